The van der Waals surface area contributed by atoms with Crippen molar-refractivity contribution in [2.75, 3.05) is 7.11 Å². The van der Waals surface area contributed by atoms with E-state index >= 15 is 0 Å². The lowest BCUT2D eigenvalue weighted by Gasteiger charge is -2.08. The Morgan fingerprint density at radius 2 is 1.76 bits per heavy atom. The Hall–Kier alpha value is -1.35. The van der Waals surface area contributed by atoms with Gasteiger partial charge in [0.15, 0.2) is 0 Å². The third-order valence-electron chi connectivity index (χ3n) is 2.09. The maximum absolute atomic E-state index is 11.2. The van der Waals surface area contributed by atoms with Crippen LogP contribution >= 0.6 is 0 Å². The maximum Gasteiger partial charge on any atom is 0.337 e. The second-order valence-electron chi connectivity index (χ2n) is 3.72. The van der Waals surface area contributed by atoms with Gasteiger partial charge >= 0.3 is 5.97 Å². The monoisotopic (exact) mass is 237 g/mol. The van der Waals surface area contributed by atoms with Crippen molar-refractivity contribution >= 4 is 5.97 Å². The van der Waals surface area contributed by atoms with Crippen LogP contribution in [0.2, 0.25) is 0 Å². The standard InChI is InChI=1S/C12H17NO2.C2H6/c1-9(2)13-8-10-4-6-11(7-5-10)12(14)15-3;1-2/h4-7,9,13H,8H2,1-3H3;1-2H3. The number of hydrogen-bond acceptors (Lipinski definition) is 3. The molecule has 0 aliphatic carbocycles. The zero-order valence-electron chi connectivity index (χ0n) is 11.4. The summed E-state index contributed by atoms with van der Waals surface area (Å²) in [4.78, 5) is 11.2. The number of carbonyl (C=O) groups is 1. The van der Waals surface area contributed by atoms with Gasteiger partial charge in [0, 0.05) is 12.6 Å². The number of hydrogen-bond donors (Lipinski definition) is 1. The molecule has 17 heavy (non-hydrogen) atoms. The SMILES string of the molecule is CC.COC(=O)c1ccc(CNC(C)C)cc1. The molecule has 0 amide bonds. The largest absolute Gasteiger partial charge is 0.465 e. The highest BCUT2D eigenvalue weighted by Crippen LogP contribution is 2.05. The van der Waals surface area contributed by atoms with Crippen LogP contribution in [0.1, 0.15) is 43.6 Å². The number of ether oxygens (including phenoxy) is 1. The van der Waals surface area contributed by atoms with E-state index in [0.29, 0.717) is 11.6 Å². The highest BCUT2D eigenvalue weighted by atomic mass is 16.5. The van der Waals surface area contributed by atoms with Gasteiger partial charge in [0.1, 0.15) is 0 Å². The predicted octanol–water partition coefficient (Wildman–Crippen LogP) is 3.00. The van der Waals surface area contributed by atoms with Crippen LogP contribution in [0.3, 0.4) is 0 Å². The van der Waals surface area contributed by atoms with Crippen molar-refractivity contribution in [1.82, 2.24) is 5.32 Å². The number of benzene rings is 1. The number of nitrogens with one attached hydrogen (secondary N) is 1. The molecule has 1 N–H and O–H groups in total. The van der Waals surface area contributed by atoms with Crippen molar-refractivity contribution in [3.8, 4) is 0 Å². The lowest BCUT2D eigenvalue weighted by molar-refractivity contribution is 0.0600. The van der Waals surface area contributed by atoms with Gasteiger partial charge in [-0.1, -0.05) is 39.8 Å². The van der Waals surface area contributed by atoms with Gasteiger partial charge in [-0.05, 0) is 17.7 Å². The molecule has 0 saturated heterocycles. The molecule has 3 heteroatoms. The quantitative estimate of drug-likeness (QED) is 0.818. The molecule has 0 fully saturated rings. The summed E-state index contributed by atoms with van der Waals surface area (Å²) in [5, 5.41) is 3.31. The van der Waals surface area contributed by atoms with Crippen molar-refractivity contribution in [3.63, 3.8) is 0 Å². The topological polar surface area (TPSA) is 38.3 Å². The zero-order valence-corrected chi connectivity index (χ0v) is 11.4. The Bertz CT molecular complexity index is 317. The molecule has 1 rings (SSSR count). The predicted molar refractivity (Wildman–Crippen MR) is 71.1 cm³/mol. The van der Waals surface area contributed by atoms with Crippen LogP contribution in [-0.2, 0) is 11.3 Å². The lowest BCUT2D eigenvalue weighted by atomic mass is 10.1. The fourth-order valence-electron chi connectivity index (χ4n) is 1.20. The van der Waals surface area contributed by atoms with E-state index in [1.165, 1.54) is 7.11 Å². The molecular formula is C14H23NO2. The summed E-state index contributed by atoms with van der Waals surface area (Å²) < 4.78 is 4.62. The Morgan fingerprint density at radius 3 is 2.18 bits per heavy atom. The molecule has 0 atom stereocenters. The van der Waals surface area contributed by atoms with Crippen LogP contribution in [0.5, 0.6) is 0 Å². The van der Waals surface area contributed by atoms with E-state index in [-0.39, 0.29) is 5.97 Å². The molecule has 3 nitrogen and oxygen atoms in total. The third kappa shape index (κ3) is 6.07. The molecule has 0 unspecified atom stereocenters. The lowest BCUT2D eigenvalue weighted by Crippen LogP contribution is -2.21. The second kappa shape index (κ2) is 8.76. The average molecular weight is 237 g/mol. The summed E-state index contributed by atoms with van der Waals surface area (Å²) in [7, 11) is 1.39. The smallest absolute Gasteiger partial charge is 0.337 e. The van der Waals surface area contributed by atoms with Gasteiger partial charge in [-0.2, -0.15) is 0 Å². The number of rotatable bonds is 4. The Morgan fingerprint density at radius 1 is 1.24 bits per heavy atom. The molecule has 0 saturated carbocycles. The minimum atomic E-state index is -0.293. The summed E-state index contributed by atoms with van der Waals surface area (Å²) in [6, 6.07) is 7.89. The van der Waals surface area contributed by atoms with Gasteiger partial charge in [-0.15, -0.1) is 0 Å². The summed E-state index contributed by atoms with van der Waals surface area (Å²) in [5.41, 5.74) is 1.75. The minimum absolute atomic E-state index is 0.293. The molecule has 1 aromatic rings. The van der Waals surface area contributed by atoms with Gasteiger partial charge in [-0.3, -0.25) is 0 Å². The van der Waals surface area contributed by atoms with Crippen LogP contribution in [0.25, 0.3) is 0 Å². The summed E-state index contributed by atoms with van der Waals surface area (Å²) in [6.45, 7) is 9.02. The van der Waals surface area contributed by atoms with Crippen LogP contribution in [-0.4, -0.2) is 19.1 Å². The molecular weight excluding hydrogens is 214 g/mol. The van der Waals surface area contributed by atoms with E-state index in [2.05, 4.69) is 23.9 Å². The van der Waals surface area contributed by atoms with Crippen molar-refractivity contribution in [1.29, 1.82) is 0 Å². The van der Waals surface area contributed by atoms with Gasteiger partial charge in [0.2, 0.25) is 0 Å². The van der Waals surface area contributed by atoms with E-state index in [0.717, 1.165) is 12.1 Å². The first-order valence-corrected chi connectivity index (χ1v) is 6.04. The van der Waals surface area contributed by atoms with Crippen LogP contribution in [0, 0.1) is 0 Å². The normalized spacial score (nSPS) is 9.53. The fraction of sp³-hybridized carbons (Fsp3) is 0.500. The molecule has 0 bridgehead atoms. The fourth-order valence-corrected chi connectivity index (χ4v) is 1.20. The van der Waals surface area contributed by atoms with Crippen molar-refractivity contribution in [2.24, 2.45) is 0 Å². The van der Waals surface area contributed by atoms with Gasteiger partial charge in [0.05, 0.1) is 12.7 Å². The molecule has 0 aromatic heterocycles. The second-order valence-corrected chi connectivity index (χ2v) is 3.72. The molecule has 0 aliphatic heterocycles. The Kier molecular flexibility index (Phi) is 8.07. The molecule has 0 spiro atoms. The van der Waals surface area contributed by atoms with Crippen LogP contribution in [0.4, 0.5) is 0 Å². The van der Waals surface area contributed by atoms with Gasteiger partial charge in [0.25, 0.3) is 0 Å². The summed E-state index contributed by atoms with van der Waals surface area (Å²) >= 11 is 0. The molecule has 0 radical (unpaired) electrons. The van der Waals surface area contributed by atoms with Crippen molar-refractivity contribution in [3.05, 3.63) is 35.4 Å². The van der Waals surface area contributed by atoms with E-state index in [9.17, 15) is 4.79 Å². The zero-order chi connectivity index (χ0) is 13.3. The van der Waals surface area contributed by atoms with Gasteiger partial charge in [-0.25, -0.2) is 4.79 Å². The minimum Gasteiger partial charge on any atom is -0.465 e. The highest BCUT2D eigenvalue weighted by Gasteiger charge is 2.03. The van der Waals surface area contributed by atoms with Gasteiger partial charge < -0.3 is 10.1 Å². The first kappa shape index (κ1) is 15.7. The summed E-state index contributed by atoms with van der Waals surface area (Å²) in [5.74, 6) is -0.293. The first-order valence-electron chi connectivity index (χ1n) is 6.04. The molecule has 0 aliphatic rings. The average Bonchev–Trinajstić information content (AvgIpc) is 2.38. The van der Waals surface area contributed by atoms with Crippen molar-refractivity contribution < 1.29 is 9.53 Å². The number of esters is 1. The Balaban J connectivity index is 0.00000121. The highest BCUT2D eigenvalue weighted by molar-refractivity contribution is 5.89. The van der Waals surface area contributed by atoms with Crippen LogP contribution in [0.15, 0.2) is 24.3 Å². The molecule has 0 heterocycles. The molecule has 1 aromatic carbocycles. The number of methoxy groups -OCH3 is 1. The maximum atomic E-state index is 11.2. The van der Waals surface area contributed by atoms with Crippen LogP contribution < -0.4 is 5.32 Å². The molecule has 96 valence electrons. The summed E-state index contributed by atoms with van der Waals surface area (Å²) in [6.07, 6.45) is 0. The van der Waals surface area contributed by atoms with Crippen molar-refractivity contribution in [2.45, 2.75) is 40.3 Å². The number of carbonyl (C=O) groups excluding carboxylic acids is 1. The first-order chi connectivity index (χ1) is 8.13. The van der Waals surface area contributed by atoms with E-state index in [1.54, 1.807) is 12.1 Å². The Labute approximate surface area is 104 Å². The van der Waals surface area contributed by atoms with E-state index < -0.39 is 0 Å². The third-order valence-corrected chi connectivity index (χ3v) is 2.09. The van der Waals surface area contributed by atoms with E-state index in [4.69, 9.17) is 0 Å². The van der Waals surface area contributed by atoms with E-state index in [1.807, 2.05) is 26.0 Å².